The average Bonchev–Trinajstić information content (AvgIpc) is 3.21. The number of piperidine rings is 1. The van der Waals surface area contributed by atoms with E-state index in [0.29, 0.717) is 12.5 Å². The van der Waals surface area contributed by atoms with E-state index in [4.69, 9.17) is 9.84 Å². The largest absolute Gasteiger partial charge is 0.483 e. The van der Waals surface area contributed by atoms with Gasteiger partial charge >= 0.3 is 0 Å². The highest BCUT2D eigenvalue weighted by Gasteiger charge is 2.44. The second kappa shape index (κ2) is 6.27. The number of hydrogen-bond acceptors (Lipinski definition) is 4. The second-order valence-corrected chi connectivity index (χ2v) is 8.90. The van der Waals surface area contributed by atoms with Crippen LogP contribution < -0.4 is 4.74 Å². The zero-order valence-corrected chi connectivity index (χ0v) is 15.2. The van der Waals surface area contributed by atoms with Crippen LogP contribution in [0.4, 0.5) is 0 Å². The minimum absolute atomic E-state index is 0.175. The summed E-state index contributed by atoms with van der Waals surface area (Å²) >= 11 is 0. The molecular formula is C20H31N3O2. The summed E-state index contributed by atoms with van der Waals surface area (Å²) in [5.74, 6) is 1.78. The number of aliphatic hydroxyl groups excluding tert-OH is 1. The normalized spacial score (nSPS) is 30.2. The van der Waals surface area contributed by atoms with E-state index in [1.165, 1.54) is 51.5 Å². The van der Waals surface area contributed by atoms with Gasteiger partial charge in [0, 0.05) is 26.1 Å². The Kier molecular flexibility index (Phi) is 4.05. The molecule has 25 heavy (non-hydrogen) atoms. The van der Waals surface area contributed by atoms with E-state index in [1.54, 1.807) is 0 Å². The van der Waals surface area contributed by atoms with Crippen LogP contribution in [0, 0.1) is 5.92 Å². The summed E-state index contributed by atoms with van der Waals surface area (Å²) in [5.41, 5.74) is 0.598. The molecule has 3 fully saturated rings. The van der Waals surface area contributed by atoms with Crippen molar-refractivity contribution in [2.24, 2.45) is 5.92 Å². The van der Waals surface area contributed by atoms with Crippen LogP contribution in [0.5, 0.6) is 5.75 Å². The summed E-state index contributed by atoms with van der Waals surface area (Å²) in [4.78, 5) is 2.61. The summed E-state index contributed by atoms with van der Waals surface area (Å²) in [6, 6.07) is 0.502. The van der Waals surface area contributed by atoms with E-state index < -0.39 is 6.10 Å². The molecule has 3 heterocycles. The Hall–Kier alpha value is -1.07. The van der Waals surface area contributed by atoms with Crippen molar-refractivity contribution in [1.29, 1.82) is 0 Å². The van der Waals surface area contributed by atoms with Crippen molar-refractivity contribution in [3.8, 4) is 5.75 Å². The molecule has 0 radical (unpaired) electrons. The van der Waals surface area contributed by atoms with E-state index in [2.05, 4.69) is 15.8 Å². The van der Waals surface area contributed by atoms with Crippen molar-refractivity contribution in [1.82, 2.24) is 14.7 Å². The summed E-state index contributed by atoms with van der Waals surface area (Å²) in [6.07, 6.45) is 13.6. The molecule has 5 nitrogen and oxygen atoms in total. The lowest BCUT2D eigenvalue weighted by Crippen LogP contribution is -2.51. The third kappa shape index (κ3) is 2.99. The molecule has 0 aromatic carbocycles. The van der Waals surface area contributed by atoms with E-state index in [1.807, 2.05) is 0 Å². The monoisotopic (exact) mass is 345 g/mol. The lowest BCUT2D eigenvalue weighted by Gasteiger charge is -2.45. The van der Waals surface area contributed by atoms with Gasteiger partial charge in [0.1, 0.15) is 17.4 Å². The Morgan fingerprint density at radius 3 is 2.56 bits per heavy atom. The van der Waals surface area contributed by atoms with Crippen molar-refractivity contribution < 1.29 is 9.84 Å². The molecule has 2 aliphatic heterocycles. The maximum Gasteiger partial charge on any atom is 0.163 e. The quantitative estimate of drug-likeness (QED) is 0.912. The third-order valence-corrected chi connectivity index (χ3v) is 7.14. The van der Waals surface area contributed by atoms with E-state index in [0.717, 1.165) is 43.3 Å². The van der Waals surface area contributed by atoms with Crippen LogP contribution in [-0.2, 0) is 0 Å². The van der Waals surface area contributed by atoms with Crippen LogP contribution in [0.1, 0.15) is 82.0 Å². The lowest BCUT2D eigenvalue weighted by molar-refractivity contribution is -0.0578. The van der Waals surface area contributed by atoms with Crippen LogP contribution in [0.15, 0.2) is 6.20 Å². The highest BCUT2D eigenvalue weighted by Crippen LogP contribution is 2.45. The Bertz CT molecular complexity index is 610. The zero-order chi connectivity index (χ0) is 16.9. The minimum atomic E-state index is -0.468. The number of fused-ring (bicyclic) bond motifs is 1. The summed E-state index contributed by atoms with van der Waals surface area (Å²) in [5, 5.41) is 15.4. The number of ether oxygens (including phenoxy) is 1. The molecule has 0 amide bonds. The van der Waals surface area contributed by atoms with Gasteiger partial charge in [0.15, 0.2) is 5.75 Å². The SMILES string of the molecule is OC1CC2(CCN(CC3CCC3)CC2)Oc2cn(C3CCCC3)nc21. The summed E-state index contributed by atoms with van der Waals surface area (Å²) in [7, 11) is 0. The lowest BCUT2D eigenvalue weighted by atomic mass is 9.81. The topological polar surface area (TPSA) is 50.5 Å². The molecule has 2 saturated carbocycles. The summed E-state index contributed by atoms with van der Waals surface area (Å²) in [6.45, 7) is 3.48. The fourth-order valence-corrected chi connectivity index (χ4v) is 5.27. The number of hydrogen-bond donors (Lipinski definition) is 1. The highest BCUT2D eigenvalue weighted by atomic mass is 16.5. The van der Waals surface area contributed by atoms with Gasteiger partial charge in [-0.25, -0.2) is 0 Å². The molecule has 5 rings (SSSR count). The molecule has 138 valence electrons. The van der Waals surface area contributed by atoms with Gasteiger partial charge < -0.3 is 14.7 Å². The second-order valence-electron chi connectivity index (χ2n) is 8.90. The molecule has 1 saturated heterocycles. The molecule has 1 N–H and O–H groups in total. The standard InChI is InChI=1S/C20H31N3O2/c24-17-12-20(8-10-22(11-9-20)13-15-4-3-5-15)25-18-14-23(21-19(17)18)16-6-1-2-7-16/h14-17,24H,1-13H2. The van der Waals surface area contributed by atoms with Crippen LogP contribution in [-0.4, -0.2) is 45.0 Å². The van der Waals surface area contributed by atoms with Crippen molar-refractivity contribution >= 4 is 0 Å². The first kappa shape index (κ1) is 16.1. The van der Waals surface area contributed by atoms with Gasteiger partial charge in [0.25, 0.3) is 0 Å². The molecule has 1 unspecified atom stereocenters. The number of aromatic nitrogens is 2. The number of nitrogens with zero attached hydrogens (tertiary/aromatic N) is 3. The Morgan fingerprint density at radius 2 is 1.88 bits per heavy atom. The predicted octanol–water partition coefficient (Wildman–Crippen LogP) is 3.45. The molecule has 4 aliphatic rings. The van der Waals surface area contributed by atoms with Crippen LogP contribution in [0.3, 0.4) is 0 Å². The smallest absolute Gasteiger partial charge is 0.163 e. The summed E-state index contributed by atoms with van der Waals surface area (Å²) < 4.78 is 8.57. The van der Waals surface area contributed by atoms with Crippen LogP contribution in [0.25, 0.3) is 0 Å². The van der Waals surface area contributed by atoms with Gasteiger partial charge in [-0.15, -0.1) is 0 Å². The first-order valence-electron chi connectivity index (χ1n) is 10.4. The molecule has 1 spiro atoms. The molecule has 0 bridgehead atoms. The first-order valence-corrected chi connectivity index (χ1v) is 10.4. The van der Waals surface area contributed by atoms with Gasteiger partial charge in [0.05, 0.1) is 12.2 Å². The minimum Gasteiger partial charge on any atom is -0.483 e. The van der Waals surface area contributed by atoms with Crippen LogP contribution >= 0.6 is 0 Å². The maximum atomic E-state index is 10.7. The highest BCUT2D eigenvalue weighted by molar-refractivity contribution is 5.31. The van der Waals surface area contributed by atoms with Gasteiger partial charge in [-0.3, -0.25) is 4.68 Å². The number of likely N-dealkylation sites (tertiary alicyclic amines) is 1. The third-order valence-electron chi connectivity index (χ3n) is 7.14. The van der Waals surface area contributed by atoms with Crippen molar-refractivity contribution in [2.75, 3.05) is 19.6 Å². The maximum absolute atomic E-state index is 10.7. The number of rotatable bonds is 3. The Morgan fingerprint density at radius 1 is 1.12 bits per heavy atom. The first-order chi connectivity index (χ1) is 12.2. The van der Waals surface area contributed by atoms with Gasteiger partial charge in [-0.2, -0.15) is 5.10 Å². The molecule has 2 aliphatic carbocycles. The van der Waals surface area contributed by atoms with Gasteiger partial charge in [-0.1, -0.05) is 19.3 Å². The van der Waals surface area contributed by atoms with Crippen LogP contribution in [0.2, 0.25) is 0 Å². The van der Waals surface area contributed by atoms with E-state index in [9.17, 15) is 5.11 Å². The van der Waals surface area contributed by atoms with E-state index >= 15 is 0 Å². The Labute approximate surface area is 150 Å². The molecular weight excluding hydrogens is 314 g/mol. The molecule has 1 aromatic heterocycles. The molecule has 1 atom stereocenters. The van der Waals surface area contributed by atoms with Gasteiger partial charge in [0.2, 0.25) is 0 Å². The van der Waals surface area contributed by atoms with Crippen molar-refractivity contribution in [3.63, 3.8) is 0 Å². The van der Waals surface area contributed by atoms with E-state index in [-0.39, 0.29) is 5.60 Å². The van der Waals surface area contributed by atoms with Crippen molar-refractivity contribution in [2.45, 2.75) is 82.0 Å². The fourth-order valence-electron chi connectivity index (χ4n) is 5.27. The predicted molar refractivity (Wildman–Crippen MR) is 95.7 cm³/mol. The molecule has 1 aromatic rings. The molecule has 5 heteroatoms. The van der Waals surface area contributed by atoms with Crippen molar-refractivity contribution in [3.05, 3.63) is 11.9 Å². The number of aliphatic hydroxyl groups is 1. The average molecular weight is 345 g/mol. The fraction of sp³-hybridized carbons (Fsp3) is 0.850. The Balaban J connectivity index is 1.27. The van der Waals surface area contributed by atoms with Gasteiger partial charge in [-0.05, 0) is 44.4 Å². The zero-order valence-electron chi connectivity index (χ0n) is 15.2.